The van der Waals surface area contributed by atoms with Gasteiger partial charge in [-0.3, -0.25) is 14.4 Å². The summed E-state index contributed by atoms with van der Waals surface area (Å²) in [7, 11) is 0. The minimum Gasteiger partial charge on any atom is -0.329 e. The first kappa shape index (κ1) is 25.2. The summed E-state index contributed by atoms with van der Waals surface area (Å²) >= 11 is 0. The first-order valence-electron chi connectivity index (χ1n) is 12.6. The molecule has 0 bridgehead atoms. The van der Waals surface area contributed by atoms with E-state index in [1.165, 1.54) is 4.90 Å². The van der Waals surface area contributed by atoms with Gasteiger partial charge < -0.3 is 15.5 Å². The molecule has 3 aromatic rings. The van der Waals surface area contributed by atoms with Crippen LogP contribution < -0.4 is 10.6 Å². The molecular weight excluding hydrogens is 478 g/mol. The summed E-state index contributed by atoms with van der Waals surface area (Å²) in [5, 5.41) is 15.3. The first-order chi connectivity index (χ1) is 18.1. The zero-order valence-electron chi connectivity index (χ0n) is 21.7. The average molecular weight is 508 g/mol. The molecule has 2 N–H and O–H groups in total. The SMILES string of the molecule is CC(C)(C)C(=O)N(CC(=O)Nc1ccc2c(c1)C[C@@]1(C2)C(=O)Nc2ncccc21)Cc1ccccc1C#N. The number of hydrogen-bond acceptors (Lipinski definition) is 5. The Morgan fingerprint density at radius 2 is 1.87 bits per heavy atom. The molecule has 1 aliphatic carbocycles. The monoisotopic (exact) mass is 507 g/mol. The van der Waals surface area contributed by atoms with Crippen molar-refractivity contribution in [1.82, 2.24) is 9.88 Å². The summed E-state index contributed by atoms with van der Waals surface area (Å²) in [6.07, 6.45) is 2.77. The van der Waals surface area contributed by atoms with Gasteiger partial charge in [0, 0.05) is 29.4 Å². The Morgan fingerprint density at radius 1 is 1.11 bits per heavy atom. The lowest BCUT2D eigenvalue weighted by Crippen LogP contribution is -2.43. The molecule has 0 saturated heterocycles. The zero-order valence-corrected chi connectivity index (χ0v) is 21.7. The highest BCUT2D eigenvalue weighted by molar-refractivity contribution is 6.06. The van der Waals surface area contributed by atoms with Crippen LogP contribution in [0.5, 0.6) is 0 Å². The van der Waals surface area contributed by atoms with Crippen LogP contribution in [0.1, 0.15) is 48.6 Å². The van der Waals surface area contributed by atoms with Crippen LogP contribution in [0.2, 0.25) is 0 Å². The van der Waals surface area contributed by atoms with Crippen LogP contribution in [0.4, 0.5) is 11.5 Å². The second-order valence-electron chi connectivity index (χ2n) is 11.0. The third-order valence-electron chi connectivity index (χ3n) is 7.23. The van der Waals surface area contributed by atoms with Gasteiger partial charge in [0.1, 0.15) is 12.4 Å². The number of carbonyl (C=O) groups excluding carboxylic acids is 3. The normalized spacial score (nSPS) is 17.4. The highest BCUT2D eigenvalue weighted by Crippen LogP contribution is 2.46. The van der Waals surface area contributed by atoms with Gasteiger partial charge in [0.05, 0.1) is 17.0 Å². The number of aromatic nitrogens is 1. The maximum Gasteiger partial charge on any atom is 0.244 e. The Bertz CT molecular complexity index is 1500. The van der Waals surface area contributed by atoms with Crippen molar-refractivity contribution in [1.29, 1.82) is 5.26 Å². The van der Waals surface area contributed by atoms with Crippen LogP contribution in [0.3, 0.4) is 0 Å². The molecule has 2 heterocycles. The lowest BCUT2D eigenvalue weighted by molar-refractivity contribution is -0.142. The predicted molar refractivity (Wildman–Crippen MR) is 143 cm³/mol. The number of pyridine rings is 1. The van der Waals surface area contributed by atoms with Crippen molar-refractivity contribution in [2.75, 3.05) is 17.2 Å². The van der Waals surface area contributed by atoms with Gasteiger partial charge in [0.2, 0.25) is 17.7 Å². The predicted octanol–water partition coefficient (Wildman–Crippen LogP) is 3.96. The van der Waals surface area contributed by atoms with Crippen molar-refractivity contribution in [2.45, 2.75) is 45.6 Å². The summed E-state index contributed by atoms with van der Waals surface area (Å²) in [6.45, 7) is 5.42. The summed E-state index contributed by atoms with van der Waals surface area (Å²) in [5.74, 6) is 0.0380. The molecule has 1 spiro atoms. The molecule has 0 radical (unpaired) electrons. The standard InChI is InChI=1S/C30H29N5O3/c1-29(2,3)28(38)35(17-21-8-5-4-7-20(21)16-31)18-25(36)33-23-11-10-19-14-30(15-22(19)13-23)24-9-6-12-32-26(24)34-27(30)37/h4-13H,14-15,17-18H2,1-3H3,(H,33,36)(H,32,34,37)/t30-/m1/s1. The second kappa shape index (κ2) is 9.42. The van der Waals surface area contributed by atoms with Crippen LogP contribution in [0.15, 0.2) is 60.8 Å². The Balaban J connectivity index is 1.33. The average Bonchev–Trinajstić information content (AvgIpc) is 3.40. The summed E-state index contributed by atoms with van der Waals surface area (Å²) in [4.78, 5) is 45.1. The van der Waals surface area contributed by atoms with Crippen molar-refractivity contribution < 1.29 is 14.4 Å². The molecule has 192 valence electrons. The van der Waals surface area contributed by atoms with Crippen LogP contribution in [-0.2, 0) is 39.2 Å². The number of fused-ring (bicyclic) bond motifs is 3. The number of carbonyl (C=O) groups is 3. The van der Waals surface area contributed by atoms with Gasteiger partial charge >= 0.3 is 0 Å². The van der Waals surface area contributed by atoms with Gasteiger partial charge in [-0.2, -0.15) is 5.26 Å². The van der Waals surface area contributed by atoms with Crippen molar-refractivity contribution in [3.05, 3.63) is 88.6 Å². The van der Waals surface area contributed by atoms with Crippen molar-refractivity contribution in [3.8, 4) is 6.07 Å². The minimum absolute atomic E-state index is 0.0537. The van der Waals surface area contributed by atoms with E-state index in [4.69, 9.17) is 0 Å². The zero-order chi connectivity index (χ0) is 27.1. The van der Waals surface area contributed by atoms with Crippen molar-refractivity contribution in [3.63, 3.8) is 0 Å². The molecule has 2 aromatic carbocycles. The molecule has 3 amide bonds. The molecular formula is C30H29N5O3. The van der Waals surface area contributed by atoms with Crippen LogP contribution in [0.25, 0.3) is 0 Å². The topological polar surface area (TPSA) is 115 Å². The highest BCUT2D eigenvalue weighted by atomic mass is 16.2. The van der Waals surface area contributed by atoms with Gasteiger partial charge in [0.15, 0.2) is 0 Å². The Morgan fingerprint density at radius 3 is 2.63 bits per heavy atom. The molecule has 0 saturated carbocycles. The minimum atomic E-state index is -0.698. The second-order valence-corrected chi connectivity index (χ2v) is 11.0. The van der Waals surface area contributed by atoms with E-state index >= 15 is 0 Å². The first-order valence-corrected chi connectivity index (χ1v) is 12.6. The number of nitrogens with zero attached hydrogens (tertiary/aromatic N) is 3. The number of anilines is 2. The number of nitrogens with one attached hydrogen (secondary N) is 2. The summed E-state index contributed by atoms with van der Waals surface area (Å²) < 4.78 is 0. The lowest BCUT2D eigenvalue weighted by Gasteiger charge is -2.29. The van der Waals surface area contributed by atoms with Gasteiger partial charge in [-0.25, -0.2) is 4.98 Å². The Kier molecular flexibility index (Phi) is 6.23. The number of nitriles is 1. The molecule has 0 fully saturated rings. The molecule has 0 unspecified atom stereocenters. The van der Waals surface area contributed by atoms with E-state index in [0.717, 1.165) is 16.7 Å². The lowest BCUT2D eigenvalue weighted by atomic mass is 9.79. The van der Waals surface area contributed by atoms with E-state index in [9.17, 15) is 19.6 Å². The smallest absolute Gasteiger partial charge is 0.244 e. The van der Waals surface area contributed by atoms with Crippen molar-refractivity contribution in [2.24, 2.45) is 5.41 Å². The van der Waals surface area contributed by atoms with E-state index < -0.39 is 10.8 Å². The fraction of sp³-hybridized carbons (Fsp3) is 0.300. The summed E-state index contributed by atoms with van der Waals surface area (Å²) in [5.41, 5.74) is 3.35. The van der Waals surface area contributed by atoms with E-state index in [0.29, 0.717) is 35.5 Å². The number of benzene rings is 2. The van der Waals surface area contributed by atoms with Gasteiger partial charge in [-0.1, -0.05) is 51.1 Å². The number of hydrogen-bond donors (Lipinski definition) is 2. The molecule has 1 aromatic heterocycles. The van der Waals surface area contributed by atoms with Gasteiger partial charge in [-0.15, -0.1) is 0 Å². The third kappa shape index (κ3) is 4.52. The van der Waals surface area contributed by atoms with Crippen LogP contribution in [-0.4, -0.2) is 34.2 Å². The number of rotatable bonds is 5. The van der Waals surface area contributed by atoms with Crippen LogP contribution >= 0.6 is 0 Å². The molecule has 1 atom stereocenters. The molecule has 38 heavy (non-hydrogen) atoms. The molecule has 8 nitrogen and oxygen atoms in total. The van der Waals surface area contributed by atoms with E-state index in [1.54, 1.807) is 45.2 Å². The third-order valence-corrected chi connectivity index (χ3v) is 7.23. The molecule has 8 heteroatoms. The fourth-order valence-electron chi connectivity index (χ4n) is 5.37. The van der Waals surface area contributed by atoms with E-state index in [2.05, 4.69) is 21.7 Å². The fourth-order valence-corrected chi connectivity index (χ4v) is 5.37. The van der Waals surface area contributed by atoms with E-state index in [1.807, 2.05) is 36.4 Å². The molecule has 2 aliphatic rings. The maximum absolute atomic E-state index is 13.2. The summed E-state index contributed by atoms with van der Waals surface area (Å²) in [6, 6.07) is 18.7. The van der Waals surface area contributed by atoms with Crippen molar-refractivity contribution >= 4 is 29.2 Å². The van der Waals surface area contributed by atoms with Gasteiger partial charge in [-0.05, 0) is 53.8 Å². The Labute approximate surface area is 221 Å². The molecule has 1 aliphatic heterocycles. The number of amides is 3. The van der Waals surface area contributed by atoms with Crippen LogP contribution in [0, 0.1) is 16.7 Å². The highest BCUT2D eigenvalue weighted by Gasteiger charge is 2.51. The largest absolute Gasteiger partial charge is 0.329 e. The maximum atomic E-state index is 13.2. The quantitative estimate of drug-likeness (QED) is 0.543. The van der Waals surface area contributed by atoms with E-state index in [-0.39, 0.29) is 30.8 Å². The van der Waals surface area contributed by atoms with Gasteiger partial charge in [0.25, 0.3) is 0 Å². The molecule has 5 rings (SSSR count). The Hall–Kier alpha value is -4.51.